The summed E-state index contributed by atoms with van der Waals surface area (Å²) < 4.78 is 0. The Hall–Kier alpha value is -7.62. The van der Waals surface area contributed by atoms with Crippen molar-refractivity contribution in [1.82, 2.24) is 4.90 Å². The van der Waals surface area contributed by atoms with Gasteiger partial charge in [0.05, 0.1) is 48.1 Å². The zero-order valence-electron chi connectivity index (χ0n) is 29.0. The van der Waals surface area contributed by atoms with Crippen molar-refractivity contribution in [3.8, 4) is 30.3 Å². The second kappa shape index (κ2) is 18.4. The minimum absolute atomic E-state index is 0.150. The van der Waals surface area contributed by atoms with Gasteiger partial charge in [0, 0.05) is 48.7 Å². The fraction of sp³-hybridized carbons (Fsp3) is 0.156. The van der Waals surface area contributed by atoms with Crippen molar-refractivity contribution in [1.29, 1.82) is 26.3 Å². The summed E-state index contributed by atoms with van der Waals surface area (Å²) >= 11 is 0. The van der Waals surface area contributed by atoms with E-state index in [2.05, 4.69) is 38.9 Å². The number of hydrogen-bond donors (Lipinski definition) is 0. The third kappa shape index (κ3) is 8.76. The minimum Gasteiger partial charge on any atom is -0.368 e. The van der Waals surface area contributed by atoms with Crippen molar-refractivity contribution >= 4 is 16.8 Å². The largest absolute Gasteiger partial charge is 0.368 e. The van der Waals surface area contributed by atoms with E-state index in [0.29, 0.717) is 22.3 Å². The molecule has 0 saturated carbocycles. The van der Waals surface area contributed by atoms with Crippen LogP contribution in [0.2, 0.25) is 0 Å². The highest BCUT2D eigenvalue weighted by molar-refractivity contribution is 5.88. The van der Waals surface area contributed by atoms with Crippen LogP contribution in [-0.4, -0.2) is 31.1 Å². The summed E-state index contributed by atoms with van der Waals surface area (Å²) in [5.74, 6) is -1.11. The molecular weight excluding hydrogens is 653 g/mol. The molecule has 0 unspecified atom stereocenters. The number of nitriles is 5. The molecule has 53 heavy (non-hydrogen) atoms. The summed E-state index contributed by atoms with van der Waals surface area (Å²) in [6, 6.07) is 38.8. The zero-order valence-corrected chi connectivity index (χ0v) is 29.0. The highest BCUT2D eigenvalue weighted by Gasteiger charge is 2.27. The van der Waals surface area contributed by atoms with Gasteiger partial charge in [-0.25, -0.2) is 10.1 Å². The molecule has 0 aromatic heterocycles. The van der Waals surface area contributed by atoms with E-state index in [0.717, 1.165) is 55.9 Å². The molecule has 3 aromatic carbocycles. The molecule has 1 aliphatic heterocycles. The third-order valence-electron chi connectivity index (χ3n) is 9.06. The maximum absolute atomic E-state index is 10.2. The van der Waals surface area contributed by atoms with Crippen LogP contribution < -0.4 is 4.90 Å². The first-order chi connectivity index (χ1) is 26.1. The first-order valence-electron chi connectivity index (χ1n) is 17.1. The number of benzene rings is 3. The lowest BCUT2D eigenvalue weighted by Crippen LogP contribution is -2.46. The Morgan fingerprint density at radius 3 is 1.87 bits per heavy atom. The summed E-state index contributed by atoms with van der Waals surface area (Å²) in [5.41, 5.74) is 6.67. The third-order valence-corrected chi connectivity index (χ3v) is 9.06. The molecule has 2 aliphatic rings. The summed E-state index contributed by atoms with van der Waals surface area (Å²) in [4.78, 5) is 8.15. The van der Waals surface area contributed by atoms with Gasteiger partial charge in [-0.2, -0.15) is 21.0 Å². The van der Waals surface area contributed by atoms with Crippen molar-refractivity contribution < 1.29 is 0 Å². The first kappa shape index (κ1) is 36.7. The molecule has 1 heterocycles. The Bertz CT molecular complexity index is 2260. The maximum atomic E-state index is 10.2. The molecule has 3 aromatic rings. The van der Waals surface area contributed by atoms with Crippen molar-refractivity contribution in [3.63, 3.8) is 0 Å². The second-order valence-electron chi connectivity index (χ2n) is 12.1. The molecule has 5 rings (SSSR count). The average molecular weight is 687 g/mol. The van der Waals surface area contributed by atoms with Crippen molar-refractivity contribution in [2.45, 2.75) is 12.8 Å². The molecule has 0 amide bonds. The van der Waals surface area contributed by atoms with Gasteiger partial charge in [-0.1, -0.05) is 103 Å². The van der Waals surface area contributed by atoms with E-state index in [1.807, 2.05) is 78.9 Å². The molecule has 0 bridgehead atoms. The number of rotatable bonds is 10. The van der Waals surface area contributed by atoms with Crippen molar-refractivity contribution in [2.24, 2.45) is 5.92 Å². The van der Waals surface area contributed by atoms with Gasteiger partial charge >= 0.3 is 0 Å². The van der Waals surface area contributed by atoms with Crippen LogP contribution in [0.15, 0.2) is 161 Å². The standard InChI is InChI=1S/C45H34N8/c1-51-42(33-50)44(35-15-7-3-8-16-35)39(30-47)20-12-18-37-24-23-36(45(37)53-27-25-52(26-28-53)41-21-9-4-10-22-41)17-11-19-38(29-46)43(40(31-48)32-49)34-13-5-2-6-14-34/h2-22,40H,23-28H2. The summed E-state index contributed by atoms with van der Waals surface area (Å²) in [6.07, 6.45) is 12.4. The molecular formula is C45H34N8. The predicted octanol–water partition coefficient (Wildman–Crippen LogP) is 8.84. The van der Waals surface area contributed by atoms with Gasteiger partial charge < -0.3 is 9.80 Å². The zero-order chi connectivity index (χ0) is 37.4. The monoisotopic (exact) mass is 686 g/mol. The summed E-state index contributed by atoms with van der Waals surface area (Å²) in [6.45, 7) is 10.8. The van der Waals surface area contributed by atoms with Gasteiger partial charge in [-0.3, -0.25) is 0 Å². The smallest absolute Gasteiger partial charge is 0.270 e. The molecule has 0 N–H and O–H groups in total. The molecule has 1 aliphatic carbocycles. The van der Waals surface area contributed by atoms with Crippen LogP contribution in [0.25, 0.3) is 16.0 Å². The van der Waals surface area contributed by atoms with Crippen LogP contribution in [0, 0.1) is 69.1 Å². The SMILES string of the molecule is [C-]#[N+]C(C#N)=C(C(C#N)=CC=CC1=C(N2CCN(c3ccccc3)CC2)C(=CC=CC(C#N)=C(c2ccccc2)C(C#N)C#N)CC1)c1ccccc1. The maximum Gasteiger partial charge on any atom is 0.270 e. The lowest BCUT2D eigenvalue weighted by atomic mass is 9.90. The van der Waals surface area contributed by atoms with Gasteiger partial charge in [0.25, 0.3) is 5.70 Å². The average Bonchev–Trinajstić information content (AvgIpc) is 3.63. The number of para-hydroxylation sites is 1. The van der Waals surface area contributed by atoms with Crippen LogP contribution in [0.4, 0.5) is 5.69 Å². The van der Waals surface area contributed by atoms with E-state index >= 15 is 0 Å². The van der Waals surface area contributed by atoms with Gasteiger partial charge in [0.2, 0.25) is 0 Å². The van der Waals surface area contributed by atoms with E-state index < -0.39 is 5.92 Å². The van der Waals surface area contributed by atoms with Crippen LogP contribution in [-0.2, 0) is 0 Å². The molecule has 0 atom stereocenters. The lowest BCUT2D eigenvalue weighted by Gasteiger charge is -2.38. The molecule has 8 nitrogen and oxygen atoms in total. The number of anilines is 1. The number of allylic oxidation sites excluding steroid dienone is 13. The van der Waals surface area contributed by atoms with Crippen LogP contribution in [0.5, 0.6) is 0 Å². The summed E-state index contributed by atoms with van der Waals surface area (Å²) in [7, 11) is 0. The molecule has 1 saturated heterocycles. The fourth-order valence-corrected chi connectivity index (χ4v) is 6.57. The Labute approximate surface area is 311 Å². The topological polar surface area (TPSA) is 130 Å². The highest BCUT2D eigenvalue weighted by atomic mass is 15.3. The minimum atomic E-state index is -1.11. The van der Waals surface area contributed by atoms with Gasteiger partial charge in [0.1, 0.15) is 0 Å². The van der Waals surface area contributed by atoms with E-state index in [1.54, 1.807) is 54.6 Å². The molecule has 0 spiro atoms. The Balaban J connectivity index is 1.53. The number of piperazine rings is 1. The second-order valence-corrected chi connectivity index (χ2v) is 12.1. The van der Waals surface area contributed by atoms with Crippen molar-refractivity contribution in [3.05, 3.63) is 184 Å². The van der Waals surface area contributed by atoms with E-state index in [1.165, 1.54) is 5.69 Å². The molecule has 0 radical (unpaired) electrons. The van der Waals surface area contributed by atoms with E-state index in [4.69, 9.17) is 6.57 Å². The quantitative estimate of drug-likeness (QED) is 0.118. The fourth-order valence-electron chi connectivity index (χ4n) is 6.57. The Kier molecular flexibility index (Phi) is 12.7. The van der Waals surface area contributed by atoms with Gasteiger partial charge in [-0.05, 0) is 59.4 Å². The highest BCUT2D eigenvalue weighted by Crippen LogP contribution is 2.36. The number of hydrogen-bond acceptors (Lipinski definition) is 7. The normalized spacial score (nSPS) is 16.4. The van der Waals surface area contributed by atoms with Crippen LogP contribution in [0.1, 0.15) is 24.0 Å². The van der Waals surface area contributed by atoms with E-state index in [-0.39, 0.29) is 16.8 Å². The van der Waals surface area contributed by atoms with Crippen LogP contribution in [0.3, 0.4) is 0 Å². The lowest BCUT2D eigenvalue weighted by molar-refractivity contribution is 0.326. The van der Waals surface area contributed by atoms with Crippen molar-refractivity contribution in [2.75, 3.05) is 31.1 Å². The first-order valence-corrected chi connectivity index (χ1v) is 17.1. The van der Waals surface area contributed by atoms with Gasteiger partial charge in [-0.15, -0.1) is 0 Å². The summed E-state index contributed by atoms with van der Waals surface area (Å²) in [5, 5.41) is 49.5. The predicted molar refractivity (Wildman–Crippen MR) is 206 cm³/mol. The Morgan fingerprint density at radius 1 is 0.698 bits per heavy atom. The Morgan fingerprint density at radius 2 is 1.30 bits per heavy atom. The van der Waals surface area contributed by atoms with E-state index in [9.17, 15) is 26.3 Å². The number of nitrogens with zero attached hydrogens (tertiary/aromatic N) is 8. The van der Waals surface area contributed by atoms with Crippen LogP contribution >= 0.6 is 0 Å². The molecule has 1 fully saturated rings. The molecule has 254 valence electrons. The van der Waals surface area contributed by atoms with Gasteiger partial charge in [0.15, 0.2) is 5.92 Å². The molecule has 8 heteroatoms.